The summed E-state index contributed by atoms with van der Waals surface area (Å²) in [6.07, 6.45) is 0.0578. The van der Waals surface area contributed by atoms with Crippen LogP contribution >= 0.6 is 0 Å². The summed E-state index contributed by atoms with van der Waals surface area (Å²) in [5, 5.41) is 5.30. The van der Waals surface area contributed by atoms with Crippen molar-refractivity contribution in [2.45, 2.75) is 6.42 Å². The number of hydrogen-bond acceptors (Lipinski definition) is 4. The summed E-state index contributed by atoms with van der Waals surface area (Å²) < 4.78 is 37.7. The summed E-state index contributed by atoms with van der Waals surface area (Å²) in [6, 6.07) is 8.69. The van der Waals surface area contributed by atoms with Gasteiger partial charge in [-0.3, -0.25) is 4.79 Å². The molecule has 0 atom stereocenters. The highest BCUT2D eigenvalue weighted by molar-refractivity contribution is 5.91. The molecule has 3 rings (SSSR count). The summed E-state index contributed by atoms with van der Waals surface area (Å²) in [5.41, 5.74) is 0.339. The number of anilines is 2. The Balaban J connectivity index is 1.53. The van der Waals surface area contributed by atoms with Gasteiger partial charge in [0, 0.05) is 24.7 Å². The van der Waals surface area contributed by atoms with Crippen LogP contribution in [-0.2, 0) is 4.79 Å². The van der Waals surface area contributed by atoms with Crippen molar-refractivity contribution in [3.05, 3.63) is 48.0 Å². The highest BCUT2D eigenvalue weighted by atomic mass is 19.1. The second-order valence-corrected chi connectivity index (χ2v) is 5.18. The lowest BCUT2D eigenvalue weighted by Crippen LogP contribution is -2.18. The van der Waals surface area contributed by atoms with Crippen molar-refractivity contribution in [2.75, 3.05) is 30.4 Å². The van der Waals surface area contributed by atoms with Gasteiger partial charge in [-0.15, -0.1) is 0 Å². The van der Waals surface area contributed by atoms with Crippen LogP contribution in [0.25, 0.3) is 0 Å². The van der Waals surface area contributed by atoms with Gasteiger partial charge in [0.2, 0.25) is 5.91 Å². The molecule has 0 bridgehead atoms. The highest BCUT2D eigenvalue weighted by Gasteiger charge is 2.13. The average Bonchev–Trinajstić information content (AvgIpc) is 2.57. The van der Waals surface area contributed by atoms with E-state index in [1.165, 1.54) is 6.07 Å². The van der Waals surface area contributed by atoms with Crippen LogP contribution in [0.2, 0.25) is 0 Å². The Kier molecular flexibility index (Phi) is 4.79. The Morgan fingerprint density at radius 1 is 1.04 bits per heavy atom. The molecule has 1 amide bonds. The first-order valence-corrected chi connectivity index (χ1v) is 7.51. The highest BCUT2D eigenvalue weighted by Crippen LogP contribution is 2.32. The molecule has 2 N–H and O–H groups in total. The third-order valence-corrected chi connectivity index (χ3v) is 3.44. The third kappa shape index (κ3) is 3.73. The van der Waals surface area contributed by atoms with E-state index in [1.807, 2.05) is 0 Å². The zero-order valence-electron chi connectivity index (χ0n) is 12.8. The van der Waals surface area contributed by atoms with Gasteiger partial charge < -0.3 is 20.1 Å². The maximum atomic E-state index is 13.5. The van der Waals surface area contributed by atoms with Crippen molar-refractivity contribution in [3.8, 4) is 11.5 Å². The molecule has 1 heterocycles. The fraction of sp³-hybridized carbons (Fsp3) is 0.235. The second-order valence-electron chi connectivity index (χ2n) is 5.18. The maximum absolute atomic E-state index is 13.5. The molecule has 0 radical (unpaired) electrons. The first kappa shape index (κ1) is 16.0. The number of halogens is 2. The molecule has 0 unspecified atom stereocenters. The van der Waals surface area contributed by atoms with E-state index in [0.29, 0.717) is 30.4 Å². The monoisotopic (exact) mass is 334 g/mol. The molecule has 126 valence electrons. The fourth-order valence-corrected chi connectivity index (χ4v) is 2.31. The molecule has 0 saturated heterocycles. The van der Waals surface area contributed by atoms with Gasteiger partial charge >= 0.3 is 0 Å². The van der Waals surface area contributed by atoms with Crippen molar-refractivity contribution in [3.63, 3.8) is 0 Å². The largest absolute Gasteiger partial charge is 0.486 e. The van der Waals surface area contributed by atoms with Gasteiger partial charge in [-0.25, -0.2) is 8.78 Å². The normalized spacial score (nSPS) is 12.6. The quantitative estimate of drug-likeness (QED) is 0.882. The van der Waals surface area contributed by atoms with Gasteiger partial charge in [-0.1, -0.05) is 6.07 Å². The standard InChI is InChI=1S/C17H16F2N2O3/c18-12-2-1-3-13(19)17(12)20-7-6-16(22)21-11-4-5-14-15(10-11)24-9-8-23-14/h1-5,10,20H,6-9H2,(H,21,22). The van der Waals surface area contributed by atoms with Crippen LogP contribution in [0.15, 0.2) is 36.4 Å². The number of rotatable bonds is 5. The van der Waals surface area contributed by atoms with Crippen LogP contribution in [0, 0.1) is 11.6 Å². The smallest absolute Gasteiger partial charge is 0.226 e. The number of nitrogens with one attached hydrogen (secondary N) is 2. The molecule has 0 fully saturated rings. The van der Waals surface area contributed by atoms with Gasteiger partial charge in [0.05, 0.1) is 0 Å². The van der Waals surface area contributed by atoms with Crippen LogP contribution in [0.3, 0.4) is 0 Å². The molecule has 0 spiro atoms. The number of benzene rings is 2. The lowest BCUT2D eigenvalue weighted by Gasteiger charge is -2.19. The number of ether oxygens (including phenoxy) is 2. The molecular weight excluding hydrogens is 318 g/mol. The SMILES string of the molecule is O=C(CCNc1c(F)cccc1F)Nc1ccc2c(c1)OCCO2. The minimum atomic E-state index is -0.692. The van der Waals surface area contributed by atoms with Crippen molar-refractivity contribution in [2.24, 2.45) is 0 Å². The molecule has 0 aromatic heterocycles. The second kappa shape index (κ2) is 7.16. The van der Waals surface area contributed by atoms with E-state index in [9.17, 15) is 13.6 Å². The van der Waals surface area contributed by atoms with Crippen LogP contribution in [0.1, 0.15) is 6.42 Å². The average molecular weight is 334 g/mol. The molecule has 7 heteroatoms. The fourth-order valence-electron chi connectivity index (χ4n) is 2.31. The number of carbonyl (C=O) groups excluding carboxylic acids is 1. The summed E-state index contributed by atoms with van der Waals surface area (Å²) >= 11 is 0. The van der Waals surface area contributed by atoms with Crippen molar-refractivity contribution in [1.29, 1.82) is 0 Å². The van der Waals surface area contributed by atoms with Gasteiger partial charge in [-0.05, 0) is 24.3 Å². The molecule has 24 heavy (non-hydrogen) atoms. The van der Waals surface area contributed by atoms with E-state index in [0.717, 1.165) is 12.1 Å². The van der Waals surface area contributed by atoms with E-state index in [2.05, 4.69) is 10.6 Å². The van der Waals surface area contributed by atoms with Crippen LogP contribution in [-0.4, -0.2) is 25.7 Å². The summed E-state index contributed by atoms with van der Waals surface area (Å²) in [7, 11) is 0. The molecule has 2 aromatic carbocycles. The molecule has 1 aliphatic heterocycles. The van der Waals surface area contributed by atoms with Gasteiger partial charge in [0.15, 0.2) is 11.5 Å². The zero-order valence-corrected chi connectivity index (χ0v) is 12.8. The van der Waals surface area contributed by atoms with Gasteiger partial charge in [-0.2, -0.15) is 0 Å². The molecule has 0 aliphatic carbocycles. The summed E-state index contributed by atoms with van der Waals surface area (Å²) in [6.45, 7) is 1.06. The predicted octanol–water partition coefficient (Wildman–Crippen LogP) is 3.18. The molecular formula is C17H16F2N2O3. The topological polar surface area (TPSA) is 59.6 Å². The Morgan fingerprint density at radius 3 is 2.50 bits per heavy atom. The lowest BCUT2D eigenvalue weighted by molar-refractivity contribution is -0.115. The van der Waals surface area contributed by atoms with E-state index < -0.39 is 11.6 Å². The van der Waals surface area contributed by atoms with Crippen LogP contribution in [0.5, 0.6) is 11.5 Å². The first-order valence-electron chi connectivity index (χ1n) is 7.51. The van der Waals surface area contributed by atoms with E-state index >= 15 is 0 Å². The van der Waals surface area contributed by atoms with Crippen molar-refractivity contribution >= 4 is 17.3 Å². The van der Waals surface area contributed by atoms with Crippen molar-refractivity contribution in [1.82, 2.24) is 0 Å². The van der Waals surface area contributed by atoms with E-state index in [4.69, 9.17) is 9.47 Å². The lowest BCUT2D eigenvalue weighted by atomic mass is 10.2. The van der Waals surface area contributed by atoms with E-state index in [-0.39, 0.29) is 24.6 Å². The number of hydrogen-bond donors (Lipinski definition) is 2. The molecule has 2 aromatic rings. The molecule has 5 nitrogen and oxygen atoms in total. The minimum Gasteiger partial charge on any atom is -0.486 e. The first-order chi connectivity index (χ1) is 11.6. The summed E-state index contributed by atoms with van der Waals surface area (Å²) in [4.78, 5) is 11.9. The zero-order chi connectivity index (χ0) is 16.9. The number of fused-ring (bicyclic) bond motifs is 1. The summed E-state index contributed by atoms with van der Waals surface area (Å²) in [5.74, 6) is -0.457. The molecule has 1 aliphatic rings. The number of carbonyl (C=O) groups is 1. The van der Waals surface area contributed by atoms with Gasteiger partial charge in [0.1, 0.15) is 30.5 Å². The minimum absolute atomic E-state index is 0.0578. The van der Waals surface area contributed by atoms with Crippen LogP contribution < -0.4 is 20.1 Å². The Morgan fingerprint density at radius 2 is 1.75 bits per heavy atom. The van der Waals surface area contributed by atoms with Crippen LogP contribution in [0.4, 0.5) is 20.2 Å². The maximum Gasteiger partial charge on any atom is 0.226 e. The number of amides is 1. The Hall–Kier alpha value is -2.83. The Bertz CT molecular complexity index is 732. The van der Waals surface area contributed by atoms with E-state index in [1.54, 1.807) is 18.2 Å². The van der Waals surface area contributed by atoms with Gasteiger partial charge in [0.25, 0.3) is 0 Å². The Labute approximate surface area is 137 Å². The molecule has 0 saturated carbocycles. The number of para-hydroxylation sites is 1. The predicted molar refractivity (Wildman–Crippen MR) is 85.5 cm³/mol. The third-order valence-electron chi connectivity index (χ3n) is 3.44. The van der Waals surface area contributed by atoms with Crippen molar-refractivity contribution < 1.29 is 23.0 Å².